The molecule has 0 radical (unpaired) electrons. The first-order chi connectivity index (χ1) is 9.36. The van der Waals surface area contributed by atoms with Crippen LogP contribution in [0, 0.1) is 5.92 Å². The molecule has 1 aromatic heterocycles. The number of hydrogen-bond donors (Lipinski definition) is 1. The zero-order chi connectivity index (χ0) is 13.1. The second kappa shape index (κ2) is 5.87. The van der Waals surface area contributed by atoms with Crippen LogP contribution in [0.3, 0.4) is 0 Å². The summed E-state index contributed by atoms with van der Waals surface area (Å²) in [7, 11) is 0. The Morgan fingerprint density at radius 2 is 2.21 bits per heavy atom. The quantitative estimate of drug-likeness (QED) is 0.857. The third kappa shape index (κ3) is 2.89. The fourth-order valence-corrected chi connectivity index (χ4v) is 2.90. The van der Waals surface area contributed by atoms with E-state index in [1.807, 2.05) is 6.20 Å². The summed E-state index contributed by atoms with van der Waals surface area (Å²) in [5.74, 6) is 1.82. The molecule has 3 rings (SSSR count). The SMILES string of the molecule is FCCC1CCC1c1cncc(OCC2CCN2)c1. The first-order valence-electron chi connectivity index (χ1n) is 7.24. The zero-order valence-electron chi connectivity index (χ0n) is 11.1. The minimum Gasteiger partial charge on any atom is -0.490 e. The van der Waals surface area contributed by atoms with Crippen molar-refractivity contribution in [1.82, 2.24) is 10.3 Å². The molecule has 0 bridgehead atoms. The van der Waals surface area contributed by atoms with Gasteiger partial charge < -0.3 is 10.1 Å². The zero-order valence-corrected chi connectivity index (χ0v) is 11.1. The summed E-state index contributed by atoms with van der Waals surface area (Å²) in [4.78, 5) is 4.26. The summed E-state index contributed by atoms with van der Waals surface area (Å²) in [6.45, 7) is 1.60. The van der Waals surface area contributed by atoms with Gasteiger partial charge in [-0.2, -0.15) is 0 Å². The molecule has 1 aliphatic carbocycles. The highest BCUT2D eigenvalue weighted by molar-refractivity contribution is 5.28. The lowest BCUT2D eigenvalue weighted by Crippen LogP contribution is -2.46. The van der Waals surface area contributed by atoms with Crippen LogP contribution in [-0.4, -0.2) is 30.9 Å². The van der Waals surface area contributed by atoms with Crippen LogP contribution in [0.2, 0.25) is 0 Å². The number of nitrogens with one attached hydrogen (secondary N) is 1. The van der Waals surface area contributed by atoms with E-state index < -0.39 is 0 Å². The summed E-state index contributed by atoms with van der Waals surface area (Å²) >= 11 is 0. The van der Waals surface area contributed by atoms with Crippen LogP contribution in [0.5, 0.6) is 5.75 Å². The van der Waals surface area contributed by atoms with Gasteiger partial charge in [0, 0.05) is 12.2 Å². The van der Waals surface area contributed by atoms with E-state index in [1.165, 1.54) is 12.0 Å². The molecule has 1 aromatic rings. The second-order valence-electron chi connectivity index (χ2n) is 5.63. The molecule has 3 nitrogen and oxygen atoms in total. The van der Waals surface area contributed by atoms with Crippen molar-refractivity contribution in [2.75, 3.05) is 19.8 Å². The smallest absolute Gasteiger partial charge is 0.137 e. The summed E-state index contributed by atoms with van der Waals surface area (Å²) in [6, 6.07) is 2.58. The third-order valence-corrected chi connectivity index (χ3v) is 4.44. The van der Waals surface area contributed by atoms with Crippen molar-refractivity contribution >= 4 is 0 Å². The maximum Gasteiger partial charge on any atom is 0.137 e. The number of pyridine rings is 1. The Bertz CT molecular complexity index is 422. The van der Waals surface area contributed by atoms with Crippen LogP contribution in [0.1, 0.15) is 37.2 Å². The molecule has 0 spiro atoms. The molecule has 2 fully saturated rings. The minimum absolute atomic E-state index is 0.210. The largest absolute Gasteiger partial charge is 0.490 e. The Morgan fingerprint density at radius 1 is 1.32 bits per heavy atom. The molecule has 19 heavy (non-hydrogen) atoms. The molecule has 0 aromatic carbocycles. The summed E-state index contributed by atoms with van der Waals surface area (Å²) in [5.41, 5.74) is 1.21. The fraction of sp³-hybridized carbons (Fsp3) is 0.667. The van der Waals surface area contributed by atoms with Gasteiger partial charge in [0.15, 0.2) is 0 Å². The highest BCUT2D eigenvalue weighted by Crippen LogP contribution is 2.44. The number of aromatic nitrogens is 1. The number of alkyl halides is 1. The molecule has 3 atom stereocenters. The van der Waals surface area contributed by atoms with E-state index in [4.69, 9.17) is 4.74 Å². The van der Waals surface area contributed by atoms with E-state index >= 15 is 0 Å². The summed E-state index contributed by atoms with van der Waals surface area (Å²) < 4.78 is 18.2. The lowest BCUT2D eigenvalue weighted by molar-refractivity contribution is 0.210. The molecule has 0 amide bonds. The van der Waals surface area contributed by atoms with Gasteiger partial charge in [0.25, 0.3) is 0 Å². The van der Waals surface area contributed by atoms with Gasteiger partial charge in [-0.05, 0) is 55.7 Å². The van der Waals surface area contributed by atoms with Crippen LogP contribution < -0.4 is 10.1 Å². The van der Waals surface area contributed by atoms with Gasteiger partial charge in [0.1, 0.15) is 12.4 Å². The Labute approximate surface area is 113 Å². The molecule has 3 unspecified atom stereocenters. The summed E-state index contributed by atoms with van der Waals surface area (Å²) in [6.07, 6.45) is 7.84. The molecule has 1 N–H and O–H groups in total. The Balaban J connectivity index is 1.59. The molecule has 4 heteroatoms. The van der Waals surface area contributed by atoms with Crippen molar-refractivity contribution < 1.29 is 9.13 Å². The van der Waals surface area contributed by atoms with Gasteiger partial charge in [0.2, 0.25) is 0 Å². The monoisotopic (exact) mass is 264 g/mol. The topological polar surface area (TPSA) is 34.1 Å². The second-order valence-corrected chi connectivity index (χ2v) is 5.63. The van der Waals surface area contributed by atoms with Crippen molar-refractivity contribution in [3.8, 4) is 5.75 Å². The number of ether oxygens (including phenoxy) is 1. The highest BCUT2D eigenvalue weighted by atomic mass is 19.1. The predicted octanol–water partition coefficient (Wildman–Crippen LogP) is 2.68. The standard InChI is InChI=1S/C15H21FN2O/c16-5-3-11-1-2-15(11)12-7-14(9-17-8-12)19-10-13-4-6-18-13/h7-9,11,13,15,18H,1-6,10H2. The average molecular weight is 264 g/mol. The van der Waals surface area contributed by atoms with Crippen molar-refractivity contribution in [1.29, 1.82) is 0 Å². The van der Waals surface area contributed by atoms with Crippen LogP contribution in [0.15, 0.2) is 18.5 Å². The maximum atomic E-state index is 12.4. The normalized spacial score (nSPS) is 29.4. The Hall–Kier alpha value is -1.16. The van der Waals surface area contributed by atoms with Gasteiger partial charge in [-0.1, -0.05) is 0 Å². The summed E-state index contributed by atoms with van der Waals surface area (Å²) in [5, 5.41) is 3.31. The number of nitrogens with zero attached hydrogens (tertiary/aromatic N) is 1. The molecule has 1 aliphatic heterocycles. The molecule has 2 aliphatic rings. The molecular formula is C15H21FN2O. The van der Waals surface area contributed by atoms with Gasteiger partial charge in [-0.3, -0.25) is 9.37 Å². The van der Waals surface area contributed by atoms with Crippen LogP contribution in [0.25, 0.3) is 0 Å². The van der Waals surface area contributed by atoms with Crippen LogP contribution in [0.4, 0.5) is 4.39 Å². The van der Waals surface area contributed by atoms with Gasteiger partial charge in [-0.15, -0.1) is 0 Å². The first-order valence-corrected chi connectivity index (χ1v) is 7.24. The first kappa shape index (κ1) is 12.9. The van der Waals surface area contributed by atoms with E-state index in [1.54, 1.807) is 6.20 Å². The van der Waals surface area contributed by atoms with Gasteiger partial charge >= 0.3 is 0 Å². The van der Waals surface area contributed by atoms with Crippen molar-refractivity contribution in [3.05, 3.63) is 24.0 Å². The van der Waals surface area contributed by atoms with E-state index in [-0.39, 0.29) is 6.67 Å². The molecule has 1 saturated heterocycles. The molecular weight excluding hydrogens is 243 g/mol. The van der Waals surface area contributed by atoms with Crippen molar-refractivity contribution in [2.24, 2.45) is 5.92 Å². The predicted molar refractivity (Wildman–Crippen MR) is 72.2 cm³/mol. The number of hydrogen-bond acceptors (Lipinski definition) is 3. The van der Waals surface area contributed by atoms with Crippen LogP contribution >= 0.6 is 0 Å². The minimum atomic E-state index is -0.210. The third-order valence-electron chi connectivity index (χ3n) is 4.44. The lowest BCUT2D eigenvalue weighted by atomic mass is 9.69. The Morgan fingerprint density at radius 3 is 2.84 bits per heavy atom. The van der Waals surface area contributed by atoms with Crippen molar-refractivity contribution in [2.45, 2.75) is 37.6 Å². The molecule has 104 valence electrons. The van der Waals surface area contributed by atoms with E-state index in [0.29, 0.717) is 30.9 Å². The Kier molecular flexibility index (Phi) is 3.97. The van der Waals surface area contributed by atoms with Gasteiger partial charge in [0.05, 0.1) is 12.9 Å². The molecule has 2 heterocycles. The highest BCUT2D eigenvalue weighted by Gasteiger charge is 2.32. The van der Waals surface area contributed by atoms with E-state index in [2.05, 4.69) is 16.4 Å². The van der Waals surface area contributed by atoms with E-state index in [9.17, 15) is 4.39 Å². The maximum absolute atomic E-state index is 12.4. The number of rotatable bonds is 6. The fourth-order valence-electron chi connectivity index (χ4n) is 2.90. The average Bonchev–Trinajstić information content (AvgIpc) is 2.33. The lowest BCUT2D eigenvalue weighted by Gasteiger charge is -2.36. The van der Waals surface area contributed by atoms with Crippen LogP contribution in [-0.2, 0) is 0 Å². The number of halogens is 1. The van der Waals surface area contributed by atoms with Gasteiger partial charge in [-0.25, -0.2) is 0 Å². The van der Waals surface area contributed by atoms with E-state index in [0.717, 1.165) is 25.1 Å². The van der Waals surface area contributed by atoms with Crippen molar-refractivity contribution in [3.63, 3.8) is 0 Å². The molecule has 1 saturated carbocycles.